The van der Waals surface area contributed by atoms with Gasteiger partial charge in [-0.3, -0.25) is 0 Å². The van der Waals surface area contributed by atoms with Gasteiger partial charge >= 0.3 is 0 Å². The fraction of sp³-hybridized carbons (Fsp3) is 0.333. The van der Waals surface area contributed by atoms with Gasteiger partial charge in [0.15, 0.2) is 6.33 Å². The minimum Gasteiger partial charge on any atom is -0.383 e. The molecule has 0 aliphatic carbocycles. The fourth-order valence-electron chi connectivity index (χ4n) is 1.24. The van der Waals surface area contributed by atoms with Crippen LogP contribution in [-0.4, -0.2) is 26.7 Å². The van der Waals surface area contributed by atoms with E-state index in [1.165, 1.54) is 12.7 Å². The van der Waals surface area contributed by atoms with Gasteiger partial charge in [0.2, 0.25) is 5.89 Å². The maximum absolute atomic E-state index is 5.65. The van der Waals surface area contributed by atoms with E-state index in [1.807, 2.05) is 6.92 Å². The molecule has 2 rings (SSSR count). The van der Waals surface area contributed by atoms with Gasteiger partial charge in [-0.25, -0.2) is 9.97 Å². The van der Waals surface area contributed by atoms with E-state index >= 15 is 0 Å². The third-order valence-electron chi connectivity index (χ3n) is 2.16. The van der Waals surface area contributed by atoms with Crippen molar-refractivity contribution in [2.24, 2.45) is 0 Å². The highest BCUT2D eigenvalue weighted by atomic mass is 16.5. The minimum absolute atomic E-state index is 0.482. The summed E-state index contributed by atoms with van der Waals surface area (Å²) >= 11 is 0. The number of nitrogen functional groups attached to an aromatic ring is 1. The molecular weight excluding hydrogens is 208 g/mol. The first kappa shape index (κ1) is 10.3. The zero-order valence-corrected chi connectivity index (χ0v) is 8.84. The van der Waals surface area contributed by atoms with Crippen LogP contribution < -0.4 is 11.1 Å². The topological polar surface area (TPSA) is 103 Å². The molecule has 0 saturated carbocycles. The quantitative estimate of drug-likeness (QED) is 0.768. The van der Waals surface area contributed by atoms with Gasteiger partial charge in [-0.1, -0.05) is 5.16 Å². The summed E-state index contributed by atoms with van der Waals surface area (Å²) in [5, 5.41) is 6.65. The van der Waals surface area contributed by atoms with Crippen LogP contribution in [0.25, 0.3) is 0 Å². The lowest BCUT2D eigenvalue weighted by Gasteiger charge is -2.07. The second-order valence-electron chi connectivity index (χ2n) is 3.24. The van der Waals surface area contributed by atoms with Crippen LogP contribution in [-0.2, 0) is 6.42 Å². The molecule has 0 aromatic carbocycles. The van der Waals surface area contributed by atoms with Crippen molar-refractivity contribution in [3.8, 4) is 0 Å². The van der Waals surface area contributed by atoms with E-state index in [4.69, 9.17) is 10.3 Å². The summed E-state index contributed by atoms with van der Waals surface area (Å²) in [6.45, 7) is 2.52. The number of anilines is 2. The molecule has 0 bridgehead atoms. The molecule has 16 heavy (non-hydrogen) atoms. The molecule has 0 amide bonds. The van der Waals surface area contributed by atoms with E-state index < -0.39 is 0 Å². The Hall–Kier alpha value is -2.18. The molecule has 2 heterocycles. The highest BCUT2D eigenvalue weighted by molar-refractivity contribution is 5.53. The molecular formula is C9H12N6O. The molecule has 0 atom stereocenters. The van der Waals surface area contributed by atoms with Gasteiger partial charge in [0.1, 0.15) is 18.0 Å². The Balaban J connectivity index is 1.92. The van der Waals surface area contributed by atoms with Gasteiger partial charge in [-0.05, 0) is 6.92 Å². The predicted octanol–water partition coefficient (Wildman–Crippen LogP) is 0.405. The molecule has 0 aliphatic heterocycles. The van der Waals surface area contributed by atoms with Crippen LogP contribution in [0.2, 0.25) is 0 Å². The van der Waals surface area contributed by atoms with Crippen LogP contribution >= 0.6 is 0 Å². The summed E-state index contributed by atoms with van der Waals surface area (Å²) in [5.74, 6) is 1.80. The van der Waals surface area contributed by atoms with Crippen molar-refractivity contribution < 1.29 is 4.52 Å². The zero-order chi connectivity index (χ0) is 11.4. The maximum atomic E-state index is 5.65. The average molecular weight is 220 g/mol. The summed E-state index contributed by atoms with van der Waals surface area (Å²) in [7, 11) is 0. The third kappa shape index (κ3) is 2.25. The van der Waals surface area contributed by atoms with E-state index in [0.29, 0.717) is 24.7 Å². The van der Waals surface area contributed by atoms with Gasteiger partial charge in [-0.2, -0.15) is 4.98 Å². The Bertz CT molecular complexity index is 455. The first-order chi connectivity index (χ1) is 7.77. The van der Waals surface area contributed by atoms with Crippen LogP contribution in [0.5, 0.6) is 0 Å². The third-order valence-corrected chi connectivity index (χ3v) is 2.16. The van der Waals surface area contributed by atoms with Crippen molar-refractivity contribution >= 4 is 11.6 Å². The van der Waals surface area contributed by atoms with Gasteiger partial charge in [-0.15, -0.1) is 0 Å². The van der Waals surface area contributed by atoms with Gasteiger partial charge in [0.05, 0.1) is 0 Å². The van der Waals surface area contributed by atoms with Crippen molar-refractivity contribution in [3.05, 3.63) is 24.1 Å². The number of aromatic nitrogens is 4. The summed E-state index contributed by atoms with van der Waals surface area (Å²) in [4.78, 5) is 11.9. The molecule has 0 aliphatic rings. The lowest BCUT2D eigenvalue weighted by atomic mass is 10.3. The second kappa shape index (κ2) is 4.56. The molecule has 0 saturated heterocycles. The monoisotopic (exact) mass is 220 g/mol. The number of hydrogen-bond acceptors (Lipinski definition) is 7. The molecule has 7 heteroatoms. The summed E-state index contributed by atoms with van der Waals surface area (Å²) < 4.78 is 4.87. The SMILES string of the molecule is Cc1c(N)ncnc1NCCc1ncno1. The Kier molecular flexibility index (Phi) is 2.95. The summed E-state index contributed by atoms with van der Waals surface area (Å²) in [6, 6.07) is 0. The highest BCUT2D eigenvalue weighted by Gasteiger charge is 2.04. The Morgan fingerprint density at radius 2 is 2.19 bits per heavy atom. The molecule has 0 fully saturated rings. The van der Waals surface area contributed by atoms with E-state index in [9.17, 15) is 0 Å². The van der Waals surface area contributed by atoms with Gasteiger partial charge in [0.25, 0.3) is 0 Å². The number of hydrogen-bond donors (Lipinski definition) is 2. The highest BCUT2D eigenvalue weighted by Crippen LogP contribution is 2.14. The number of rotatable bonds is 4. The number of nitrogens with two attached hydrogens (primary N) is 1. The van der Waals surface area contributed by atoms with Gasteiger partial charge in [0, 0.05) is 18.5 Å². The first-order valence-electron chi connectivity index (χ1n) is 4.84. The van der Waals surface area contributed by atoms with Crippen molar-refractivity contribution in [3.63, 3.8) is 0 Å². The molecule has 7 nitrogen and oxygen atoms in total. The van der Waals surface area contributed by atoms with Crippen LogP contribution in [0.3, 0.4) is 0 Å². The Morgan fingerprint density at radius 1 is 1.31 bits per heavy atom. The molecule has 0 radical (unpaired) electrons. The normalized spacial score (nSPS) is 10.3. The lowest BCUT2D eigenvalue weighted by Crippen LogP contribution is -2.09. The van der Waals surface area contributed by atoms with Crippen LogP contribution in [0, 0.1) is 6.92 Å². The summed E-state index contributed by atoms with van der Waals surface area (Å²) in [6.07, 6.45) is 3.45. The van der Waals surface area contributed by atoms with Crippen molar-refractivity contribution in [2.75, 3.05) is 17.6 Å². The van der Waals surface area contributed by atoms with Crippen LogP contribution in [0.15, 0.2) is 17.2 Å². The molecule has 84 valence electrons. The second-order valence-corrected chi connectivity index (χ2v) is 3.24. The van der Waals surface area contributed by atoms with E-state index in [0.717, 1.165) is 11.4 Å². The molecule has 0 unspecified atom stereocenters. The molecule has 2 aromatic heterocycles. The first-order valence-corrected chi connectivity index (χ1v) is 4.84. The fourth-order valence-corrected chi connectivity index (χ4v) is 1.24. The zero-order valence-electron chi connectivity index (χ0n) is 8.84. The largest absolute Gasteiger partial charge is 0.383 e. The Morgan fingerprint density at radius 3 is 2.94 bits per heavy atom. The van der Waals surface area contributed by atoms with Crippen molar-refractivity contribution in [2.45, 2.75) is 13.3 Å². The average Bonchev–Trinajstić information content (AvgIpc) is 2.77. The van der Waals surface area contributed by atoms with Crippen LogP contribution in [0.1, 0.15) is 11.5 Å². The van der Waals surface area contributed by atoms with E-state index in [1.54, 1.807) is 0 Å². The van der Waals surface area contributed by atoms with E-state index in [2.05, 4.69) is 25.4 Å². The van der Waals surface area contributed by atoms with Crippen LogP contribution in [0.4, 0.5) is 11.6 Å². The number of nitrogens with zero attached hydrogens (tertiary/aromatic N) is 4. The minimum atomic E-state index is 0.482. The predicted molar refractivity (Wildman–Crippen MR) is 57.7 cm³/mol. The number of nitrogens with one attached hydrogen (secondary N) is 1. The molecule has 2 aromatic rings. The van der Waals surface area contributed by atoms with E-state index in [-0.39, 0.29) is 0 Å². The maximum Gasteiger partial charge on any atom is 0.228 e. The standard InChI is InChI=1S/C9H12N6O/c1-6-8(10)13-4-14-9(6)11-3-2-7-12-5-15-16-7/h4-5H,2-3H2,1H3,(H3,10,11,13,14). The molecule has 0 spiro atoms. The Labute approximate surface area is 92.1 Å². The smallest absolute Gasteiger partial charge is 0.228 e. The summed E-state index contributed by atoms with van der Waals surface area (Å²) in [5.41, 5.74) is 6.50. The van der Waals surface area contributed by atoms with Crippen molar-refractivity contribution in [1.82, 2.24) is 20.1 Å². The lowest BCUT2D eigenvalue weighted by molar-refractivity contribution is 0.379. The van der Waals surface area contributed by atoms with Crippen molar-refractivity contribution in [1.29, 1.82) is 0 Å². The molecule has 3 N–H and O–H groups in total. The van der Waals surface area contributed by atoms with Gasteiger partial charge < -0.3 is 15.6 Å².